The number of carbonyl (C=O) groups excluding carboxylic acids is 2. The lowest BCUT2D eigenvalue weighted by Gasteiger charge is -2.15. The van der Waals surface area contributed by atoms with Gasteiger partial charge in [-0.05, 0) is 6.07 Å². The summed E-state index contributed by atoms with van der Waals surface area (Å²) < 4.78 is 0. The zero-order valence-electron chi connectivity index (χ0n) is 9.81. The normalized spacial score (nSPS) is 13.8. The molecule has 1 heterocycles. The smallest absolute Gasteiger partial charge is 0.330 e. The lowest BCUT2D eigenvalue weighted by Crippen LogP contribution is -2.21. The third-order valence-electron chi connectivity index (χ3n) is 2.18. The highest BCUT2D eigenvalue weighted by Crippen LogP contribution is 2.35. The van der Waals surface area contributed by atoms with Crippen LogP contribution in [0.25, 0.3) is 0 Å². The van der Waals surface area contributed by atoms with Gasteiger partial charge in [0.2, 0.25) is 0 Å². The Morgan fingerprint density at radius 3 is 2.74 bits per heavy atom. The van der Waals surface area contributed by atoms with Crippen molar-refractivity contribution in [1.29, 1.82) is 0 Å². The fourth-order valence-electron chi connectivity index (χ4n) is 1.33. The fraction of sp³-hybridized carbons (Fsp3) is 0.400. The van der Waals surface area contributed by atoms with E-state index in [2.05, 4.69) is 0 Å². The summed E-state index contributed by atoms with van der Waals surface area (Å²) in [5.41, 5.74) is -0.117. The highest BCUT2D eigenvalue weighted by atomic mass is 32.2. The molecule has 1 rings (SSSR count). The van der Waals surface area contributed by atoms with Crippen molar-refractivity contribution >= 4 is 39.5 Å². The molecule has 7 nitrogen and oxygen atoms in total. The molecule has 0 aliphatic rings. The summed E-state index contributed by atoms with van der Waals surface area (Å²) in [5, 5.41) is 29.7. The SMILES string of the molecule is CC(=O)SCC(O)C(O)c1cc(C=O)sc1[N+](=O)[O-]. The van der Waals surface area contributed by atoms with Crippen molar-refractivity contribution in [3.8, 4) is 0 Å². The number of thiophene rings is 1. The van der Waals surface area contributed by atoms with Crippen molar-refractivity contribution in [3.05, 3.63) is 26.6 Å². The van der Waals surface area contributed by atoms with Gasteiger partial charge in [-0.1, -0.05) is 23.1 Å². The number of hydrogen-bond acceptors (Lipinski definition) is 8. The third kappa shape index (κ3) is 4.10. The Bertz CT molecular complexity index is 500. The van der Waals surface area contributed by atoms with E-state index < -0.39 is 17.1 Å². The molecule has 0 saturated carbocycles. The Hall–Kier alpha value is -1.29. The van der Waals surface area contributed by atoms with Crippen LogP contribution in [-0.4, -0.2) is 38.4 Å². The molecule has 0 bridgehead atoms. The van der Waals surface area contributed by atoms with Crippen LogP contribution >= 0.6 is 23.1 Å². The predicted octanol–water partition coefficient (Wildman–Crippen LogP) is 1.14. The molecule has 0 aliphatic carbocycles. The zero-order valence-corrected chi connectivity index (χ0v) is 11.4. The van der Waals surface area contributed by atoms with Gasteiger partial charge in [-0.25, -0.2) is 0 Å². The van der Waals surface area contributed by atoms with Gasteiger partial charge in [-0.3, -0.25) is 19.7 Å². The summed E-state index contributed by atoms with van der Waals surface area (Å²) in [6, 6.07) is 1.17. The molecule has 1 aromatic rings. The number of thioether (sulfide) groups is 1. The molecule has 19 heavy (non-hydrogen) atoms. The van der Waals surface area contributed by atoms with Crippen molar-refractivity contribution in [2.45, 2.75) is 19.1 Å². The zero-order chi connectivity index (χ0) is 14.6. The van der Waals surface area contributed by atoms with Crippen LogP contribution in [0.15, 0.2) is 6.07 Å². The molecule has 104 valence electrons. The largest absolute Gasteiger partial charge is 0.389 e. The number of aliphatic hydroxyl groups excluding tert-OH is 2. The van der Waals surface area contributed by atoms with E-state index in [1.165, 1.54) is 13.0 Å². The first-order chi connectivity index (χ1) is 8.86. The number of carbonyl (C=O) groups is 2. The molecule has 1 aromatic heterocycles. The molecule has 9 heteroatoms. The number of nitrogens with zero attached hydrogens (tertiary/aromatic N) is 1. The van der Waals surface area contributed by atoms with E-state index in [-0.39, 0.29) is 26.3 Å². The average Bonchev–Trinajstić information content (AvgIpc) is 2.79. The van der Waals surface area contributed by atoms with Gasteiger partial charge >= 0.3 is 5.00 Å². The van der Waals surface area contributed by atoms with Crippen LogP contribution in [-0.2, 0) is 4.79 Å². The monoisotopic (exact) mass is 305 g/mol. The Labute approximate surface area is 116 Å². The fourth-order valence-corrected chi connectivity index (χ4v) is 2.75. The van der Waals surface area contributed by atoms with E-state index in [9.17, 15) is 29.9 Å². The molecule has 0 fully saturated rings. The summed E-state index contributed by atoms with van der Waals surface area (Å²) in [6.07, 6.45) is -2.41. The first-order valence-corrected chi connectivity index (χ1v) is 6.89. The van der Waals surface area contributed by atoms with Gasteiger partial charge in [0.1, 0.15) is 6.10 Å². The lowest BCUT2D eigenvalue weighted by molar-refractivity contribution is -0.381. The Kier molecular flexibility index (Phi) is 5.60. The van der Waals surface area contributed by atoms with Crippen LogP contribution in [0.1, 0.15) is 28.3 Å². The minimum Gasteiger partial charge on any atom is -0.389 e. The topological polar surface area (TPSA) is 118 Å². The van der Waals surface area contributed by atoms with E-state index >= 15 is 0 Å². The van der Waals surface area contributed by atoms with Crippen molar-refractivity contribution < 1.29 is 24.7 Å². The van der Waals surface area contributed by atoms with Gasteiger partial charge in [0.15, 0.2) is 11.4 Å². The standard InChI is InChI=1S/C10H11NO6S2/c1-5(13)18-4-8(14)9(15)7-2-6(3-12)19-10(7)11(16)17/h2-3,8-9,14-15H,4H2,1H3. The summed E-state index contributed by atoms with van der Waals surface area (Å²) in [5.74, 6) is -0.0834. The van der Waals surface area contributed by atoms with E-state index in [0.29, 0.717) is 17.6 Å². The quantitative estimate of drug-likeness (QED) is 0.459. The van der Waals surface area contributed by atoms with Crippen molar-refractivity contribution in [3.63, 3.8) is 0 Å². The van der Waals surface area contributed by atoms with Crippen LogP contribution in [0.4, 0.5) is 5.00 Å². The summed E-state index contributed by atoms with van der Waals surface area (Å²) in [6.45, 7) is 1.31. The van der Waals surface area contributed by atoms with Crippen LogP contribution in [0.3, 0.4) is 0 Å². The molecule has 0 spiro atoms. The number of aliphatic hydroxyl groups is 2. The maximum absolute atomic E-state index is 10.8. The Morgan fingerprint density at radius 1 is 1.63 bits per heavy atom. The maximum atomic E-state index is 10.8. The number of hydrogen-bond donors (Lipinski definition) is 2. The van der Waals surface area contributed by atoms with Crippen LogP contribution in [0.5, 0.6) is 0 Å². The Morgan fingerprint density at radius 2 is 2.26 bits per heavy atom. The molecular formula is C10H11NO6S2. The third-order valence-corrected chi connectivity index (χ3v) is 4.12. The molecule has 0 amide bonds. The van der Waals surface area contributed by atoms with E-state index in [0.717, 1.165) is 11.8 Å². The van der Waals surface area contributed by atoms with Crippen molar-refractivity contribution in [1.82, 2.24) is 0 Å². The minimum absolute atomic E-state index is 0.0834. The maximum Gasteiger partial charge on any atom is 0.330 e. The van der Waals surface area contributed by atoms with Gasteiger partial charge in [0, 0.05) is 12.7 Å². The minimum atomic E-state index is -1.52. The van der Waals surface area contributed by atoms with Gasteiger partial charge in [0.25, 0.3) is 0 Å². The lowest BCUT2D eigenvalue weighted by atomic mass is 10.1. The highest BCUT2D eigenvalue weighted by Gasteiger charge is 2.29. The second kappa shape index (κ2) is 6.75. The second-order valence-electron chi connectivity index (χ2n) is 3.60. The van der Waals surface area contributed by atoms with Gasteiger partial charge in [0.05, 0.1) is 21.5 Å². The number of rotatable bonds is 6. The van der Waals surface area contributed by atoms with Crippen molar-refractivity contribution in [2.75, 3.05) is 5.75 Å². The summed E-state index contributed by atoms with van der Waals surface area (Å²) in [4.78, 5) is 31.5. The Balaban J connectivity index is 2.94. The molecule has 2 atom stereocenters. The first-order valence-electron chi connectivity index (χ1n) is 5.09. The second-order valence-corrected chi connectivity index (χ2v) is 5.86. The molecular weight excluding hydrogens is 294 g/mol. The molecule has 0 radical (unpaired) electrons. The molecule has 0 saturated heterocycles. The van der Waals surface area contributed by atoms with Crippen LogP contribution < -0.4 is 0 Å². The summed E-state index contributed by atoms with van der Waals surface area (Å²) >= 11 is 1.43. The molecule has 2 N–H and O–H groups in total. The number of nitro groups is 1. The first kappa shape index (κ1) is 15.8. The van der Waals surface area contributed by atoms with E-state index in [1.807, 2.05) is 0 Å². The van der Waals surface area contributed by atoms with E-state index in [1.54, 1.807) is 0 Å². The van der Waals surface area contributed by atoms with Crippen LogP contribution in [0.2, 0.25) is 0 Å². The van der Waals surface area contributed by atoms with Gasteiger partial charge in [-0.2, -0.15) is 0 Å². The average molecular weight is 305 g/mol. The summed E-state index contributed by atoms with van der Waals surface area (Å²) in [7, 11) is 0. The van der Waals surface area contributed by atoms with Gasteiger partial charge in [-0.15, -0.1) is 0 Å². The highest BCUT2D eigenvalue weighted by molar-refractivity contribution is 8.13. The number of aldehydes is 1. The molecule has 0 aromatic carbocycles. The molecule has 2 unspecified atom stereocenters. The van der Waals surface area contributed by atoms with Crippen LogP contribution in [0, 0.1) is 10.1 Å². The predicted molar refractivity (Wildman–Crippen MR) is 70.5 cm³/mol. The van der Waals surface area contributed by atoms with Gasteiger partial charge < -0.3 is 10.2 Å². The molecule has 0 aliphatic heterocycles. The van der Waals surface area contributed by atoms with E-state index in [4.69, 9.17) is 0 Å². The van der Waals surface area contributed by atoms with Crippen molar-refractivity contribution in [2.24, 2.45) is 0 Å².